The molecule has 0 spiro atoms. The lowest BCUT2D eigenvalue weighted by Gasteiger charge is -2.07. The van der Waals surface area contributed by atoms with Crippen molar-refractivity contribution in [1.29, 1.82) is 0 Å². The van der Waals surface area contributed by atoms with Crippen LogP contribution in [0.1, 0.15) is 5.82 Å². The van der Waals surface area contributed by atoms with Crippen LogP contribution in [0.5, 0.6) is 0 Å². The third-order valence-electron chi connectivity index (χ3n) is 2.52. The van der Waals surface area contributed by atoms with E-state index in [9.17, 15) is 22.0 Å². The lowest BCUT2D eigenvalue weighted by Crippen LogP contribution is -2.07. The van der Waals surface area contributed by atoms with E-state index in [-0.39, 0.29) is 11.2 Å². The molecule has 2 aromatic rings. The number of hydrogen-bond acceptors (Lipinski definition) is 2. The summed E-state index contributed by atoms with van der Waals surface area (Å²) in [6, 6.07) is 0. The first-order chi connectivity index (χ1) is 8.90. The molecule has 0 aliphatic rings. The van der Waals surface area contributed by atoms with Gasteiger partial charge in [-0.15, -0.1) is 10.2 Å². The first-order valence-corrected chi connectivity index (χ1v) is 5.98. The molecular weight excluding hydrogens is 337 g/mol. The largest absolute Gasteiger partial charge is 0.313 e. The molecule has 2 rings (SSSR count). The minimum absolute atomic E-state index is 0.214. The summed E-state index contributed by atoms with van der Waals surface area (Å²) in [6.45, 7) is 0. The summed E-state index contributed by atoms with van der Waals surface area (Å²) < 4.78 is 67.3. The second kappa shape index (κ2) is 4.87. The average Bonchev–Trinajstić information content (AvgIpc) is 2.76. The monoisotopic (exact) mass is 341 g/mol. The van der Waals surface area contributed by atoms with Crippen LogP contribution in [-0.4, -0.2) is 14.8 Å². The fourth-order valence-electron chi connectivity index (χ4n) is 1.50. The van der Waals surface area contributed by atoms with Gasteiger partial charge in [0.15, 0.2) is 29.1 Å². The summed E-state index contributed by atoms with van der Waals surface area (Å²) in [6.07, 6.45) is 0. The summed E-state index contributed by atoms with van der Waals surface area (Å²) in [7, 11) is 1.35. The molecule has 0 radical (unpaired) electrons. The zero-order chi connectivity index (χ0) is 14.3. The minimum atomic E-state index is -2.21. The second-order valence-corrected chi connectivity index (χ2v) is 4.14. The van der Waals surface area contributed by atoms with Crippen LogP contribution < -0.4 is 0 Å². The van der Waals surface area contributed by atoms with E-state index < -0.39 is 40.5 Å². The Morgan fingerprint density at radius 2 is 1.37 bits per heavy atom. The summed E-state index contributed by atoms with van der Waals surface area (Å²) in [5, 5.41) is 7.22. The zero-order valence-corrected chi connectivity index (χ0v) is 10.9. The van der Waals surface area contributed by atoms with Gasteiger partial charge in [0, 0.05) is 7.05 Å². The maximum Gasteiger partial charge on any atom is 0.200 e. The molecule has 0 aliphatic heterocycles. The highest BCUT2D eigenvalue weighted by atomic mass is 79.9. The number of benzene rings is 1. The molecule has 0 saturated heterocycles. The standard InChI is InChI=1S/C10H5BrF5N3/c1-19-3(2-11)17-18-10(19)4-5(12)7(14)9(16)8(15)6(4)13/h2H2,1H3. The van der Waals surface area contributed by atoms with Crippen molar-refractivity contribution in [2.75, 3.05) is 0 Å². The normalized spacial score (nSPS) is 11.1. The average molecular weight is 342 g/mol. The van der Waals surface area contributed by atoms with E-state index in [0.717, 1.165) is 4.57 Å². The van der Waals surface area contributed by atoms with Crippen molar-refractivity contribution in [2.24, 2.45) is 7.05 Å². The van der Waals surface area contributed by atoms with Gasteiger partial charge in [0.2, 0.25) is 5.82 Å². The van der Waals surface area contributed by atoms with Gasteiger partial charge >= 0.3 is 0 Å². The van der Waals surface area contributed by atoms with E-state index in [4.69, 9.17) is 0 Å². The van der Waals surface area contributed by atoms with Crippen molar-refractivity contribution >= 4 is 15.9 Å². The number of rotatable bonds is 2. The molecule has 102 valence electrons. The fraction of sp³-hybridized carbons (Fsp3) is 0.200. The van der Waals surface area contributed by atoms with Crippen molar-refractivity contribution < 1.29 is 22.0 Å². The van der Waals surface area contributed by atoms with Gasteiger partial charge in [-0.1, -0.05) is 15.9 Å². The highest BCUT2D eigenvalue weighted by Crippen LogP contribution is 2.30. The van der Waals surface area contributed by atoms with E-state index in [0.29, 0.717) is 0 Å². The maximum atomic E-state index is 13.6. The maximum absolute atomic E-state index is 13.6. The molecule has 9 heteroatoms. The predicted octanol–water partition coefficient (Wildman–Crippen LogP) is 3.07. The highest BCUT2D eigenvalue weighted by Gasteiger charge is 2.29. The fourth-order valence-corrected chi connectivity index (χ4v) is 1.99. The van der Waals surface area contributed by atoms with Crippen LogP contribution in [0.2, 0.25) is 0 Å². The third kappa shape index (κ3) is 2.01. The Kier molecular flexibility index (Phi) is 3.57. The minimum Gasteiger partial charge on any atom is -0.313 e. The molecule has 0 N–H and O–H groups in total. The highest BCUT2D eigenvalue weighted by molar-refractivity contribution is 9.08. The van der Waals surface area contributed by atoms with Crippen LogP contribution in [0.4, 0.5) is 22.0 Å². The van der Waals surface area contributed by atoms with Gasteiger partial charge < -0.3 is 4.57 Å². The number of nitrogens with zero attached hydrogens (tertiary/aromatic N) is 3. The van der Waals surface area contributed by atoms with Gasteiger partial charge in [0.25, 0.3) is 0 Å². The number of hydrogen-bond donors (Lipinski definition) is 0. The van der Waals surface area contributed by atoms with Crippen LogP contribution in [0.15, 0.2) is 0 Å². The van der Waals surface area contributed by atoms with Crippen molar-refractivity contribution in [1.82, 2.24) is 14.8 Å². The van der Waals surface area contributed by atoms with E-state index in [2.05, 4.69) is 26.1 Å². The van der Waals surface area contributed by atoms with Gasteiger partial charge in [-0.2, -0.15) is 0 Å². The number of halogens is 6. The Morgan fingerprint density at radius 3 is 1.79 bits per heavy atom. The molecule has 1 heterocycles. The Labute approximate surface area is 112 Å². The van der Waals surface area contributed by atoms with Gasteiger partial charge in [-0.3, -0.25) is 0 Å². The van der Waals surface area contributed by atoms with Crippen molar-refractivity contribution in [2.45, 2.75) is 5.33 Å². The Hall–Kier alpha value is -1.51. The van der Waals surface area contributed by atoms with Gasteiger partial charge in [0.05, 0.1) is 10.9 Å². The van der Waals surface area contributed by atoms with E-state index >= 15 is 0 Å². The quantitative estimate of drug-likeness (QED) is 0.364. The van der Waals surface area contributed by atoms with E-state index in [1.54, 1.807) is 0 Å². The topological polar surface area (TPSA) is 30.7 Å². The molecule has 1 aromatic heterocycles. The zero-order valence-electron chi connectivity index (χ0n) is 9.32. The molecule has 0 atom stereocenters. The molecule has 0 amide bonds. The van der Waals surface area contributed by atoms with Crippen molar-refractivity contribution in [3.05, 3.63) is 34.9 Å². The lowest BCUT2D eigenvalue weighted by atomic mass is 10.1. The number of alkyl halides is 1. The molecule has 0 unspecified atom stereocenters. The van der Waals surface area contributed by atoms with Crippen LogP contribution in [0.3, 0.4) is 0 Å². The molecule has 1 aromatic carbocycles. The lowest BCUT2D eigenvalue weighted by molar-refractivity contribution is 0.380. The smallest absolute Gasteiger partial charge is 0.200 e. The second-order valence-electron chi connectivity index (χ2n) is 3.58. The molecule has 3 nitrogen and oxygen atoms in total. The van der Waals surface area contributed by atoms with Crippen LogP contribution in [-0.2, 0) is 12.4 Å². The molecule has 0 aliphatic carbocycles. The molecule has 0 bridgehead atoms. The SMILES string of the molecule is Cn1c(CBr)nnc1-c1c(F)c(F)c(F)c(F)c1F. The number of aromatic nitrogens is 3. The molecular formula is C10H5BrF5N3. The van der Waals surface area contributed by atoms with Crippen molar-refractivity contribution in [3.8, 4) is 11.4 Å². The Bertz CT molecular complexity index is 626. The summed E-state index contributed by atoms with van der Waals surface area (Å²) >= 11 is 3.05. The Morgan fingerprint density at radius 1 is 0.895 bits per heavy atom. The van der Waals surface area contributed by atoms with Gasteiger partial charge in [-0.25, -0.2) is 22.0 Å². The van der Waals surface area contributed by atoms with Gasteiger partial charge in [0.1, 0.15) is 5.82 Å². The van der Waals surface area contributed by atoms with E-state index in [1.807, 2.05) is 0 Å². The van der Waals surface area contributed by atoms with Crippen molar-refractivity contribution in [3.63, 3.8) is 0 Å². The summed E-state index contributed by atoms with van der Waals surface area (Å²) in [5.41, 5.74) is -1.10. The first kappa shape index (κ1) is 13.9. The molecule has 0 fully saturated rings. The van der Waals surface area contributed by atoms with Crippen LogP contribution in [0.25, 0.3) is 11.4 Å². The summed E-state index contributed by atoms with van der Waals surface area (Å²) in [5.74, 6) is -10.3. The Balaban J connectivity index is 2.79. The van der Waals surface area contributed by atoms with Gasteiger partial charge in [-0.05, 0) is 0 Å². The predicted molar refractivity (Wildman–Crippen MR) is 58.9 cm³/mol. The van der Waals surface area contributed by atoms with E-state index in [1.165, 1.54) is 7.05 Å². The molecule has 0 saturated carbocycles. The third-order valence-corrected chi connectivity index (χ3v) is 3.02. The van der Waals surface area contributed by atoms with Crippen LogP contribution >= 0.6 is 15.9 Å². The first-order valence-electron chi connectivity index (χ1n) is 4.86. The summed E-state index contributed by atoms with van der Waals surface area (Å²) in [4.78, 5) is 0. The molecule has 19 heavy (non-hydrogen) atoms. The van der Waals surface area contributed by atoms with Crippen LogP contribution in [0, 0.1) is 29.1 Å².